The van der Waals surface area contributed by atoms with Gasteiger partial charge in [-0.1, -0.05) is 31.5 Å². The fourth-order valence-electron chi connectivity index (χ4n) is 2.36. The molecular weight excluding hydrogens is 194 g/mol. The SMILES string of the molecule is CC1(C)Cc2ccc(Cl)cc2C(N)C1. The lowest BCUT2D eigenvalue weighted by molar-refractivity contribution is 0.283. The largest absolute Gasteiger partial charge is 0.324 e. The van der Waals surface area contributed by atoms with Gasteiger partial charge in [-0.15, -0.1) is 0 Å². The van der Waals surface area contributed by atoms with Crippen LogP contribution in [0.25, 0.3) is 0 Å². The monoisotopic (exact) mass is 209 g/mol. The molecule has 0 aromatic heterocycles. The average molecular weight is 210 g/mol. The third kappa shape index (κ3) is 1.79. The predicted molar refractivity (Wildman–Crippen MR) is 60.5 cm³/mol. The average Bonchev–Trinajstić information content (AvgIpc) is 2.05. The minimum absolute atomic E-state index is 0.146. The van der Waals surface area contributed by atoms with E-state index in [9.17, 15) is 0 Å². The van der Waals surface area contributed by atoms with Crippen molar-refractivity contribution in [1.82, 2.24) is 0 Å². The van der Waals surface area contributed by atoms with Crippen LogP contribution in [0, 0.1) is 5.41 Å². The Morgan fingerprint density at radius 2 is 2.14 bits per heavy atom. The quantitative estimate of drug-likeness (QED) is 0.697. The van der Waals surface area contributed by atoms with Crippen molar-refractivity contribution in [2.75, 3.05) is 0 Å². The maximum atomic E-state index is 6.13. The molecule has 2 heteroatoms. The molecular formula is C12H16ClN. The van der Waals surface area contributed by atoms with Crippen LogP contribution in [0.1, 0.15) is 37.4 Å². The molecule has 1 aromatic rings. The van der Waals surface area contributed by atoms with E-state index in [2.05, 4.69) is 19.9 Å². The smallest absolute Gasteiger partial charge is 0.0409 e. The minimum atomic E-state index is 0.146. The van der Waals surface area contributed by atoms with E-state index in [-0.39, 0.29) is 6.04 Å². The van der Waals surface area contributed by atoms with E-state index in [0.29, 0.717) is 5.41 Å². The third-order valence-corrected chi connectivity index (χ3v) is 3.18. The van der Waals surface area contributed by atoms with Crippen LogP contribution in [0.5, 0.6) is 0 Å². The van der Waals surface area contributed by atoms with Gasteiger partial charge in [0.05, 0.1) is 0 Å². The fraction of sp³-hybridized carbons (Fsp3) is 0.500. The number of fused-ring (bicyclic) bond motifs is 1. The van der Waals surface area contributed by atoms with Gasteiger partial charge in [-0.25, -0.2) is 0 Å². The minimum Gasteiger partial charge on any atom is -0.324 e. The van der Waals surface area contributed by atoms with Crippen molar-refractivity contribution in [2.24, 2.45) is 11.1 Å². The Kier molecular flexibility index (Phi) is 2.32. The van der Waals surface area contributed by atoms with Gasteiger partial charge in [0.25, 0.3) is 0 Å². The van der Waals surface area contributed by atoms with Gasteiger partial charge in [-0.05, 0) is 41.5 Å². The topological polar surface area (TPSA) is 26.0 Å². The number of rotatable bonds is 0. The molecule has 1 unspecified atom stereocenters. The molecule has 1 aromatic carbocycles. The number of halogens is 1. The Hall–Kier alpha value is -0.530. The predicted octanol–water partition coefficient (Wildman–Crippen LogP) is 3.31. The number of nitrogens with two attached hydrogens (primary N) is 1. The second kappa shape index (κ2) is 3.25. The van der Waals surface area contributed by atoms with Gasteiger partial charge in [0.1, 0.15) is 0 Å². The first-order chi connectivity index (χ1) is 6.48. The maximum Gasteiger partial charge on any atom is 0.0409 e. The molecule has 0 radical (unpaired) electrons. The van der Waals surface area contributed by atoms with Gasteiger partial charge in [0, 0.05) is 11.1 Å². The van der Waals surface area contributed by atoms with Gasteiger partial charge in [-0.2, -0.15) is 0 Å². The van der Waals surface area contributed by atoms with E-state index in [4.69, 9.17) is 17.3 Å². The van der Waals surface area contributed by atoms with Crippen LogP contribution in [0.15, 0.2) is 18.2 Å². The zero-order chi connectivity index (χ0) is 10.3. The molecule has 0 saturated carbocycles. The summed E-state index contributed by atoms with van der Waals surface area (Å²) in [7, 11) is 0. The van der Waals surface area contributed by atoms with Gasteiger partial charge < -0.3 is 5.73 Å². The molecule has 0 fully saturated rings. The second-order valence-electron chi connectivity index (χ2n) is 4.99. The van der Waals surface area contributed by atoms with Crippen molar-refractivity contribution in [3.8, 4) is 0 Å². The molecule has 0 bridgehead atoms. The first-order valence-corrected chi connectivity index (χ1v) is 5.40. The lowest BCUT2D eigenvalue weighted by Crippen LogP contribution is -2.29. The van der Waals surface area contributed by atoms with Crippen molar-refractivity contribution in [3.63, 3.8) is 0 Å². The van der Waals surface area contributed by atoms with Gasteiger partial charge in [-0.3, -0.25) is 0 Å². The highest BCUT2D eigenvalue weighted by atomic mass is 35.5. The first kappa shape index (κ1) is 10.0. The number of benzene rings is 1. The van der Waals surface area contributed by atoms with Crippen molar-refractivity contribution in [3.05, 3.63) is 34.3 Å². The van der Waals surface area contributed by atoms with Crippen molar-refractivity contribution >= 4 is 11.6 Å². The second-order valence-corrected chi connectivity index (χ2v) is 5.43. The summed E-state index contributed by atoms with van der Waals surface area (Å²) in [5.74, 6) is 0. The standard InChI is InChI=1S/C12H16ClN/c1-12(2)6-8-3-4-9(13)5-10(8)11(14)7-12/h3-5,11H,6-7,14H2,1-2H3. The summed E-state index contributed by atoms with van der Waals surface area (Å²) in [6.07, 6.45) is 2.15. The molecule has 1 aliphatic carbocycles. The van der Waals surface area contributed by atoms with E-state index >= 15 is 0 Å². The zero-order valence-electron chi connectivity index (χ0n) is 8.68. The molecule has 0 saturated heterocycles. The lowest BCUT2D eigenvalue weighted by Gasteiger charge is -2.35. The molecule has 0 heterocycles. The van der Waals surface area contributed by atoms with Crippen molar-refractivity contribution in [2.45, 2.75) is 32.7 Å². The summed E-state index contributed by atoms with van der Waals surface area (Å²) in [6.45, 7) is 4.54. The van der Waals surface area contributed by atoms with Crippen LogP contribution < -0.4 is 5.73 Å². The molecule has 1 nitrogen and oxygen atoms in total. The summed E-state index contributed by atoms with van der Waals surface area (Å²) in [5.41, 5.74) is 9.04. The Balaban J connectivity index is 2.45. The van der Waals surface area contributed by atoms with Gasteiger partial charge in [0.15, 0.2) is 0 Å². The zero-order valence-corrected chi connectivity index (χ0v) is 9.43. The summed E-state index contributed by atoms with van der Waals surface area (Å²) >= 11 is 5.96. The van der Waals surface area contributed by atoms with Gasteiger partial charge in [0.2, 0.25) is 0 Å². The number of hydrogen-bond acceptors (Lipinski definition) is 1. The van der Waals surface area contributed by atoms with Crippen LogP contribution in [0.4, 0.5) is 0 Å². The number of hydrogen-bond donors (Lipinski definition) is 1. The van der Waals surface area contributed by atoms with E-state index in [1.807, 2.05) is 12.1 Å². The van der Waals surface area contributed by atoms with Crippen LogP contribution in [0.3, 0.4) is 0 Å². The highest BCUT2D eigenvalue weighted by molar-refractivity contribution is 6.30. The Morgan fingerprint density at radius 3 is 2.86 bits per heavy atom. The van der Waals surface area contributed by atoms with Crippen LogP contribution in [-0.2, 0) is 6.42 Å². The van der Waals surface area contributed by atoms with E-state index in [1.165, 1.54) is 11.1 Å². The summed E-state index contributed by atoms with van der Waals surface area (Å²) in [5, 5.41) is 0.791. The summed E-state index contributed by atoms with van der Waals surface area (Å²) in [4.78, 5) is 0. The highest BCUT2D eigenvalue weighted by Gasteiger charge is 2.29. The normalized spacial score (nSPS) is 24.4. The maximum absolute atomic E-state index is 6.13. The van der Waals surface area contributed by atoms with Crippen LogP contribution in [-0.4, -0.2) is 0 Å². The van der Waals surface area contributed by atoms with Gasteiger partial charge >= 0.3 is 0 Å². The Morgan fingerprint density at radius 1 is 1.43 bits per heavy atom. The van der Waals surface area contributed by atoms with E-state index < -0.39 is 0 Å². The Labute approximate surface area is 90.3 Å². The molecule has 14 heavy (non-hydrogen) atoms. The fourth-order valence-corrected chi connectivity index (χ4v) is 2.55. The molecule has 2 rings (SSSR count). The first-order valence-electron chi connectivity index (χ1n) is 5.02. The molecule has 2 N–H and O–H groups in total. The van der Waals surface area contributed by atoms with E-state index in [0.717, 1.165) is 17.9 Å². The molecule has 0 aliphatic heterocycles. The van der Waals surface area contributed by atoms with Crippen LogP contribution in [0.2, 0.25) is 5.02 Å². The Bertz CT molecular complexity index is 357. The molecule has 1 atom stereocenters. The lowest BCUT2D eigenvalue weighted by atomic mass is 9.72. The summed E-state index contributed by atoms with van der Waals surface area (Å²) < 4.78 is 0. The van der Waals surface area contributed by atoms with Crippen LogP contribution >= 0.6 is 11.6 Å². The molecule has 1 aliphatic rings. The van der Waals surface area contributed by atoms with E-state index in [1.54, 1.807) is 0 Å². The highest BCUT2D eigenvalue weighted by Crippen LogP contribution is 2.40. The van der Waals surface area contributed by atoms with Crippen molar-refractivity contribution in [1.29, 1.82) is 0 Å². The molecule has 0 spiro atoms. The molecule has 0 amide bonds. The molecule has 76 valence electrons. The third-order valence-electron chi connectivity index (χ3n) is 2.95. The summed E-state index contributed by atoms with van der Waals surface area (Å²) in [6, 6.07) is 6.22. The van der Waals surface area contributed by atoms with Crippen molar-refractivity contribution < 1.29 is 0 Å².